The van der Waals surface area contributed by atoms with Crippen LogP contribution in [0.15, 0.2) is 48.6 Å². The summed E-state index contributed by atoms with van der Waals surface area (Å²) in [7, 11) is 0. The van der Waals surface area contributed by atoms with Crippen molar-refractivity contribution in [3.05, 3.63) is 48.6 Å². The van der Waals surface area contributed by atoms with Gasteiger partial charge in [0, 0.05) is 6.42 Å². The second-order valence-electron chi connectivity index (χ2n) is 19.3. The molecular weight excluding hydrogens is 859 g/mol. The van der Waals surface area contributed by atoms with Crippen molar-refractivity contribution in [3.63, 3.8) is 0 Å². The van der Waals surface area contributed by atoms with Crippen LogP contribution in [0.25, 0.3) is 0 Å². The molecule has 0 radical (unpaired) electrons. The van der Waals surface area contributed by atoms with Gasteiger partial charge in [0.1, 0.15) is 24.4 Å². The first-order chi connectivity index (χ1) is 33.2. The summed E-state index contributed by atoms with van der Waals surface area (Å²) in [6, 6.07) is -1.02. The zero-order valence-corrected chi connectivity index (χ0v) is 43.5. The Labute approximate surface area is 415 Å². The van der Waals surface area contributed by atoms with E-state index in [0.717, 1.165) is 83.5 Å². The van der Waals surface area contributed by atoms with Crippen LogP contribution >= 0.6 is 0 Å². The third-order valence-electron chi connectivity index (χ3n) is 13.0. The molecule has 0 spiro atoms. The third kappa shape index (κ3) is 34.0. The van der Waals surface area contributed by atoms with E-state index in [1.165, 1.54) is 109 Å². The number of unbranched alkanes of at least 4 members (excludes halogenated alkanes) is 26. The highest BCUT2D eigenvalue weighted by atomic mass is 16.7. The molecule has 68 heavy (non-hydrogen) atoms. The molecule has 1 amide bonds. The molecule has 0 bridgehead atoms. The standard InChI is InChI=1S/C57H103NO10/c1-4-7-10-13-16-19-22-25-27-30-33-36-39-42-45-52(62)68-55-54(64)53(63)51(46-59)67-57(55)66-47-48(49(60)43-40-37-34-31-29-26-23-20-17-14-11-8-5-2)58-56(65)50(61)44-41-38-35-32-28-24-21-18-15-12-9-6-3/h7,10,16,19,25,27,40,43,48-51,53-55,57,59-61,63-64H,4-6,8-9,11-15,17-18,20-24,26,28-39,41-42,44-47H2,1-3H3,(H,58,65)/b10-7+,19-16+,27-25+,43-40+. The van der Waals surface area contributed by atoms with Crippen molar-refractivity contribution in [2.75, 3.05) is 13.2 Å². The SMILES string of the molecule is CC/C=C/C/C=C/C/C=C/CCCCCCC(=O)OC1C(OCC(NC(=O)C(O)CCCCCCCCCCCCCC)C(O)/C=C/CCCCCCCCCCCCC)OC(CO)C(O)C1O. The number of ether oxygens (including phenoxy) is 3. The van der Waals surface area contributed by atoms with E-state index in [0.29, 0.717) is 19.3 Å². The Balaban J connectivity index is 2.77. The number of amides is 1. The molecule has 11 heteroatoms. The second-order valence-corrected chi connectivity index (χ2v) is 19.3. The largest absolute Gasteiger partial charge is 0.454 e. The van der Waals surface area contributed by atoms with Crippen LogP contribution in [0, 0.1) is 0 Å². The minimum Gasteiger partial charge on any atom is -0.454 e. The molecular formula is C57H103NO10. The fourth-order valence-corrected chi connectivity index (χ4v) is 8.55. The number of aliphatic hydroxyl groups is 5. The second kappa shape index (κ2) is 45.7. The highest BCUT2D eigenvalue weighted by Crippen LogP contribution is 2.26. The van der Waals surface area contributed by atoms with Gasteiger partial charge in [-0.15, -0.1) is 0 Å². The van der Waals surface area contributed by atoms with Crippen molar-refractivity contribution in [2.45, 2.75) is 288 Å². The molecule has 396 valence electrons. The first-order valence-corrected chi connectivity index (χ1v) is 27.9. The summed E-state index contributed by atoms with van der Waals surface area (Å²) >= 11 is 0. The normalized spacial score (nSPS) is 20.3. The molecule has 6 N–H and O–H groups in total. The molecule has 8 atom stereocenters. The predicted octanol–water partition coefficient (Wildman–Crippen LogP) is 12.1. The lowest BCUT2D eigenvalue weighted by Crippen LogP contribution is -2.61. The van der Waals surface area contributed by atoms with Gasteiger partial charge >= 0.3 is 5.97 Å². The van der Waals surface area contributed by atoms with Gasteiger partial charge in [-0.3, -0.25) is 9.59 Å². The number of esters is 1. The van der Waals surface area contributed by atoms with Gasteiger partial charge in [0.15, 0.2) is 12.4 Å². The maximum atomic E-state index is 13.3. The Morgan fingerprint density at radius 2 is 1.06 bits per heavy atom. The van der Waals surface area contributed by atoms with Crippen LogP contribution in [0.5, 0.6) is 0 Å². The van der Waals surface area contributed by atoms with Crippen LogP contribution in [0.4, 0.5) is 0 Å². The molecule has 0 aromatic heterocycles. The zero-order chi connectivity index (χ0) is 49.7. The molecule has 1 heterocycles. The lowest BCUT2D eigenvalue weighted by atomic mass is 9.99. The molecule has 1 saturated heterocycles. The van der Waals surface area contributed by atoms with Gasteiger partial charge in [-0.25, -0.2) is 0 Å². The van der Waals surface area contributed by atoms with Crippen molar-refractivity contribution in [1.82, 2.24) is 5.32 Å². The Kier molecular flexibility index (Phi) is 42.8. The summed E-state index contributed by atoms with van der Waals surface area (Å²) in [6.45, 7) is 5.64. The Bertz CT molecular complexity index is 1290. The van der Waals surface area contributed by atoms with Gasteiger partial charge < -0.3 is 45.1 Å². The average molecular weight is 962 g/mol. The molecule has 1 fully saturated rings. The van der Waals surface area contributed by atoms with E-state index in [4.69, 9.17) is 14.2 Å². The van der Waals surface area contributed by atoms with Crippen LogP contribution in [-0.2, 0) is 23.8 Å². The number of carbonyl (C=O) groups excluding carboxylic acids is 2. The summed E-state index contributed by atoms with van der Waals surface area (Å²) in [4.78, 5) is 26.4. The highest BCUT2D eigenvalue weighted by molar-refractivity contribution is 5.80. The first-order valence-electron chi connectivity index (χ1n) is 27.9. The maximum Gasteiger partial charge on any atom is 0.306 e. The molecule has 11 nitrogen and oxygen atoms in total. The molecule has 1 rings (SSSR count). The van der Waals surface area contributed by atoms with Crippen molar-refractivity contribution in [3.8, 4) is 0 Å². The summed E-state index contributed by atoms with van der Waals surface area (Å²) in [5.41, 5.74) is 0. The summed E-state index contributed by atoms with van der Waals surface area (Å²) in [6.07, 6.45) is 43.0. The van der Waals surface area contributed by atoms with Crippen molar-refractivity contribution < 1.29 is 49.3 Å². The fraction of sp³-hybridized carbons (Fsp3) is 0.825. The number of hydrogen-bond acceptors (Lipinski definition) is 10. The predicted molar refractivity (Wildman–Crippen MR) is 278 cm³/mol. The summed E-state index contributed by atoms with van der Waals surface area (Å²) < 4.78 is 17.5. The van der Waals surface area contributed by atoms with Gasteiger partial charge in [-0.05, 0) is 57.8 Å². The Hall–Kier alpha value is -2.38. The minimum atomic E-state index is -1.62. The van der Waals surface area contributed by atoms with E-state index < -0.39 is 67.4 Å². The number of allylic oxidation sites excluding steroid dienone is 7. The Morgan fingerprint density at radius 1 is 0.588 bits per heavy atom. The molecule has 0 aromatic rings. The van der Waals surface area contributed by atoms with Gasteiger partial charge in [-0.2, -0.15) is 0 Å². The highest BCUT2D eigenvalue weighted by Gasteiger charge is 2.47. The van der Waals surface area contributed by atoms with E-state index in [1.54, 1.807) is 6.08 Å². The van der Waals surface area contributed by atoms with Gasteiger partial charge in [-0.1, -0.05) is 223 Å². The fourth-order valence-electron chi connectivity index (χ4n) is 8.55. The molecule has 8 unspecified atom stereocenters. The van der Waals surface area contributed by atoms with Crippen LogP contribution < -0.4 is 5.32 Å². The molecule has 1 aliphatic heterocycles. The maximum absolute atomic E-state index is 13.3. The van der Waals surface area contributed by atoms with E-state index >= 15 is 0 Å². The van der Waals surface area contributed by atoms with Gasteiger partial charge in [0.25, 0.3) is 0 Å². The van der Waals surface area contributed by atoms with E-state index in [1.807, 2.05) is 6.08 Å². The first kappa shape index (κ1) is 63.6. The van der Waals surface area contributed by atoms with Crippen molar-refractivity contribution in [2.24, 2.45) is 0 Å². The molecule has 0 saturated carbocycles. The molecule has 1 aliphatic rings. The lowest BCUT2D eigenvalue weighted by Gasteiger charge is -2.41. The average Bonchev–Trinajstić information content (AvgIpc) is 3.33. The van der Waals surface area contributed by atoms with E-state index in [9.17, 15) is 35.1 Å². The topological polar surface area (TPSA) is 175 Å². The van der Waals surface area contributed by atoms with Gasteiger partial charge in [0.2, 0.25) is 5.91 Å². The molecule has 0 aliphatic carbocycles. The minimum absolute atomic E-state index is 0.0982. The number of carbonyl (C=O) groups is 2. The van der Waals surface area contributed by atoms with Crippen molar-refractivity contribution in [1.29, 1.82) is 0 Å². The summed E-state index contributed by atoms with van der Waals surface area (Å²) in [5, 5.41) is 56.7. The van der Waals surface area contributed by atoms with E-state index in [-0.39, 0.29) is 13.0 Å². The van der Waals surface area contributed by atoms with Crippen LogP contribution in [0.3, 0.4) is 0 Å². The zero-order valence-electron chi connectivity index (χ0n) is 43.5. The van der Waals surface area contributed by atoms with Crippen LogP contribution in [0.1, 0.15) is 239 Å². The van der Waals surface area contributed by atoms with E-state index in [2.05, 4.69) is 62.5 Å². The quantitative estimate of drug-likeness (QED) is 0.0196. The number of nitrogens with one attached hydrogen (secondary N) is 1. The number of rotatable bonds is 46. The summed E-state index contributed by atoms with van der Waals surface area (Å²) in [5.74, 6) is -1.22. The lowest BCUT2D eigenvalue weighted by molar-refractivity contribution is -0.305. The van der Waals surface area contributed by atoms with Gasteiger partial charge in [0.05, 0.1) is 25.4 Å². The Morgan fingerprint density at radius 3 is 1.59 bits per heavy atom. The third-order valence-corrected chi connectivity index (χ3v) is 13.0. The number of hydrogen-bond donors (Lipinski definition) is 6. The monoisotopic (exact) mass is 962 g/mol. The molecule has 0 aromatic carbocycles. The number of aliphatic hydroxyl groups excluding tert-OH is 5. The smallest absolute Gasteiger partial charge is 0.306 e. The van der Waals surface area contributed by atoms with Crippen LogP contribution in [-0.4, -0.2) is 99.6 Å². The van der Waals surface area contributed by atoms with Crippen LogP contribution in [0.2, 0.25) is 0 Å². The van der Waals surface area contributed by atoms with Crippen molar-refractivity contribution >= 4 is 11.9 Å².